The van der Waals surface area contributed by atoms with Gasteiger partial charge >= 0.3 is 5.97 Å². The fourth-order valence-corrected chi connectivity index (χ4v) is 3.47. The lowest BCUT2D eigenvalue weighted by atomic mass is 10.1. The smallest absolute Gasteiger partial charge is 0.324 e. The highest BCUT2D eigenvalue weighted by atomic mass is 32.2. The van der Waals surface area contributed by atoms with Crippen molar-refractivity contribution in [3.05, 3.63) is 23.8 Å². The zero-order valence-corrected chi connectivity index (χ0v) is 13.2. The molecule has 1 fully saturated rings. The first-order valence-electron chi connectivity index (χ1n) is 6.92. The molecule has 6 heteroatoms. The summed E-state index contributed by atoms with van der Waals surface area (Å²) in [5, 5.41) is 3.38. The maximum Gasteiger partial charge on any atom is 0.324 e. The van der Waals surface area contributed by atoms with E-state index in [0.29, 0.717) is 5.75 Å². The normalized spacial score (nSPS) is 24.1. The van der Waals surface area contributed by atoms with Gasteiger partial charge in [-0.05, 0) is 38.5 Å². The second-order valence-electron chi connectivity index (χ2n) is 6.08. The molecule has 3 rings (SSSR count). The van der Waals surface area contributed by atoms with E-state index in [2.05, 4.69) is 5.32 Å². The van der Waals surface area contributed by atoms with Crippen LogP contribution in [0.2, 0.25) is 0 Å². The van der Waals surface area contributed by atoms with E-state index in [9.17, 15) is 4.79 Å². The molecule has 0 radical (unpaired) electrons. The van der Waals surface area contributed by atoms with Gasteiger partial charge in [-0.1, -0.05) is 6.07 Å². The van der Waals surface area contributed by atoms with Crippen LogP contribution >= 0.6 is 11.8 Å². The second kappa shape index (κ2) is 5.42. The van der Waals surface area contributed by atoms with E-state index in [-0.39, 0.29) is 24.2 Å². The minimum Gasteiger partial charge on any atom is -0.459 e. The minimum atomic E-state index is -0.458. The largest absolute Gasteiger partial charge is 0.459 e. The fraction of sp³-hybridized carbons (Fsp3) is 0.533. The number of hydrogen-bond acceptors (Lipinski definition) is 6. The molecule has 2 heterocycles. The maximum atomic E-state index is 12.1. The molecule has 1 aromatic rings. The lowest BCUT2D eigenvalue weighted by Crippen LogP contribution is -2.39. The number of carbonyl (C=O) groups excluding carboxylic acids is 1. The summed E-state index contributed by atoms with van der Waals surface area (Å²) in [6.45, 7) is 5.90. The molecule has 2 atom stereocenters. The van der Waals surface area contributed by atoms with E-state index < -0.39 is 5.60 Å². The predicted molar refractivity (Wildman–Crippen MR) is 80.5 cm³/mol. The SMILES string of the molecule is CC(C)(C)OC(=O)[C@H]1CSC(c2ccc3c(c2)OCO3)N1. The Bertz CT molecular complexity index is 555. The van der Waals surface area contributed by atoms with Gasteiger partial charge in [0.25, 0.3) is 0 Å². The number of fused-ring (bicyclic) bond motifs is 1. The van der Waals surface area contributed by atoms with Crippen LogP contribution in [0.1, 0.15) is 31.7 Å². The summed E-state index contributed by atoms with van der Waals surface area (Å²) < 4.78 is 16.1. The molecule has 0 aromatic heterocycles. The third-order valence-corrected chi connectivity index (χ3v) is 4.44. The van der Waals surface area contributed by atoms with Crippen LogP contribution in [0.4, 0.5) is 0 Å². The van der Waals surface area contributed by atoms with Gasteiger partial charge in [-0.3, -0.25) is 10.1 Å². The molecule has 5 nitrogen and oxygen atoms in total. The molecule has 1 saturated heterocycles. The first-order chi connectivity index (χ1) is 9.92. The van der Waals surface area contributed by atoms with Gasteiger partial charge in [0.1, 0.15) is 11.6 Å². The van der Waals surface area contributed by atoms with Crippen LogP contribution in [-0.4, -0.2) is 30.2 Å². The van der Waals surface area contributed by atoms with E-state index in [1.807, 2.05) is 39.0 Å². The number of hydrogen-bond donors (Lipinski definition) is 1. The molecule has 1 N–H and O–H groups in total. The molecule has 1 unspecified atom stereocenters. The lowest BCUT2D eigenvalue weighted by Gasteiger charge is -2.22. The van der Waals surface area contributed by atoms with E-state index in [4.69, 9.17) is 14.2 Å². The zero-order chi connectivity index (χ0) is 15.0. The van der Waals surface area contributed by atoms with Crippen molar-refractivity contribution in [1.29, 1.82) is 0 Å². The summed E-state index contributed by atoms with van der Waals surface area (Å²) in [5.74, 6) is 2.04. The maximum absolute atomic E-state index is 12.1. The van der Waals surface area contributed by atoms with Crippen LogP contribution in [0, 0.1) is 0 Å². The number of nitrogens with one attached hydrogen (secondary N) is 1. The number of esters is 1. The van der Waals surface area contributed by atoms with Crippen molar-refractivity contribution in [2.24, 2.45) is 0 Å². The molecular weight excluding hydrogens is 290 g/mol. The van der Waals surface area contributed by atoms with Crippen molar-refractivity contribution in [3.63, 3.8) is 0 Å². The van der Waals surface area contributed by atoms with E-state index in [1.165, 1.54) is 0 Å². The summed E-state index contributed by atoms with van der Waals surface area (Å²) in [6, 6.07) is 5.59. The van der Waals surface area contributed by atoms with Crippen molar-refractivity contribution in [2.45, 2.75) is 37.8 Å². The molecule has 0 spiro atoms. The topological polar surface area (TPSA) is 56.8 Å². The highest BCUT2D eigenvalue weighted by Gasteiger charge is 2.34. The highest BCUT2D eigenvalue weighted by molar-refractivity contribution is 7.99. The lowest BCUT2D eigenvalue weighted by molar-refractivity contribution is -0.156. The molecule has 1 aromatic carbocycles. The molecule has 0 saturated carbocycles. The van der Waals surface area contributed by atoms with Gasteiger partial charge in [0.2, 0.25) is 6.79 Å². The molecule has 2 aliphatic heterocycles. The Labute approximate surface area is 128 Å². The van der Waals surface area contributed by atoms with Crippen molar-refractivity contribution in [3.8, 4) is 11.5 Å². The standard InChI is InChI=1S/C15H19NO4S/c1-15(2,3)20-14(17)10-7-21-13(16-10)9-4-5-11-12(6-9)19-8-18-11/h4-6,10,13,16H,7-8H2,1-3H3/t10-,13?/m1/s1. The summed E-state index contributed by atoms with van der Waals surface area (Å²) in [7, 11) is 0. The van der Waals surface area contributed by atoms with E-state index in [1.54, 1.807) is 11.8 Å². The van der Waals surface area contributed by atoms with Crippen LogP contribution in [0.15, 0.2) is 18.2 Å². The molecule has 0 amide bonds. The first kappa shape index (κ1) is 14.5. The third-order valence-electron chi connectivity index (χ3n) is 3.17. The summed E-state index contributed by atoms with van der Waals surface area (Å²) in [5.41, 5.74) is 0.621. The van der Waals surface area contributed by atoms with Crippen LogP contribution in [0.5, 0.6) is 11.5 Å². The Hall–Kier alpha value is -1.40. The second-order valence-corrected chi connectivity index (χ2v) is 7.22. The predicted octanol–water partition coefficient (Wildman–Crippen LogP) is 2.46. The number of benzene rings is 1. The first-order valence-corrected chi connectivity index (χ1v) is 7.97. The third kappa shape index (κ3) is 3.27. The monoisotopic (exact) mass is 309 g/mol. The van der Waals surface area contributed by atoms with Crippen LogP contribution in [0.3, 0.4) is 0 Å². The van der Waals surface area contributed by atoms with Gasteiger partial charge in [0, 0.05) is 5.75 Å². The van der Waals surface area contributed by atoms with E-state index in [0.717, 1.165) is 17.1 Å². The van der Waals surface area contributed by atoms with Gasteiger partial charge < -0.3 is 14.2 Å². The number of carbonyl (C=O) groups is 1. The van der Waals surface area contributed by atoms with Crippen molar-refractivity contribution in [1.82, 2.24) is 5.32 Å². The van der Waals surface area contributed by atoms with Gasteiger partial charge in [-0.15, -0.1) is 11.8 Å². The van der Waals surface area contributed by atoms with Crippen molar-refractivity contribution in [2.75, 3.05) is 12.5 Å². The van der Waals surface area contributed by atoms with Crippen LogP contribution < -0.4 is 14.8 Å². The Morgan fingerprint density at radius 1 is 1.33 bits per heavy atom. The van der Waals surface area contributed by atoms with Crippen molar-refractivity contribution >= 4 is 17.7 Å². The minimum absolute atomic E-state index is 0.0667. The van der Waals surface area contributed by atoms with Gasteiger partial charge in [-0.2, -0.15) is 0 Å². The van der Waals surface area contributed by atoms with Gasteiger partial charge in [0.15, 0.2) is 11.5 Å². The Morgan fingerprint density at radius 2 is 2.10 bits per heavy atom. The summed E-state index contributed by atoms with van der Waals surface area (Å²) in [4.78, 5) is 12.1. The number of ether oxygens (including phenoxy) is 3. The Kier molecular flexibility index (Phi) is 3.75. The Balaban J connectivity index is 1.66. The molecular formula is C15H19NO4S. The molecule has 2 aliphatic rings. The van der Waals surface area contributed by atoms with Gasteiger partial charge in [-0.25, -0.2) is 0 Å². The quantitative estimate of drug-likeness (QED) is 0.847. The zero-order valence-electron chi connectivity index (χ0n) is 12.3. The molecule has 0 bridgehead atoms. The molecule has 21 heavy (non-hydrogen) atoms. The average molecular weight is 309 g/mol. The number of thioether (sulfide) groups is 1. The van der Waals surface area contributed by atoms with Crippen molar-refractivity contribution < 1.29 is 19.0 Å². The number of rotatable bonds is 2. The summed E-state index contributed by atoms with van der Waals surface area (Å²) >= 11 is 1.70. The fourth-order valence-electron chi connectivity index (χ4n) is 2.25. The Morgan fingerprint density at radius 3 is 2.86 bits per heavy atom. The van der Waals surface area contributed by atoms with E-state index >= 15 is 0 Å². The van der Waals surface area contributed by atoms with Crippen LogP contribution in [0.25, 0.3) is 0 Å². The highest BCUT2D eigenvalue weighted by Crippen LogP contribution is 2.39. The van der Waals surface area contributed by atoms with Crippen LogP contribution in [-0.2, 0) is 9.53 Å². The average Bonchev–Trinajstić information content (AvgIpc) is 3.05. The molecule has 114 valence electrons. The molecule has 0 aliphatic carbocycles. The summed E-state index contributed by atoms with van der Waals surface area (Å²) in [6.07, 6.45) is 0. The van der Waals surface area contributed by atoms with Gasteiger partial charge in [0.05, 0.1) is 5.37 Å².